The molecule has 96 valence electrons. The van der Waals surface area contributed by atoms with Gasteiger partial charge in [-0.3, -0.25) is 4.79 Å². The number of nitrogens with zero attached hydrogens (tertiary/aromatic N) is 2. The first-order valence-electron chi connectivity index (χ1n) is 5.64. The summed E-state index contributed by atoms with van der Waals surface area (Å²) in [5, 5.41) is 8.74. The minimum absolute atomic E-state index is 0.110. The average Bonchev–Trinajstić information content (AvgIpc) is 2.84. The minimum atomic E-state index is -0.158. The zero-order chi connectivity index (χ0) is 13.3. The van der Waals surface area contributed by atoms with Gasteiger partial charge in [0.25, 0.3) is 0 Å². The molecule has 2 aromatic rings. The quantitative estimate of drug-likeness (QED) is 0.691. The fourth-order valence-electron chi connectivity index (χ4n) is 1.72. The summed E-state index contributed by atoms with van der Waals surface area (Å²) in [6, 6.07) is 1.99. The van der Waals surface area contributed by atoms with E-state index in [0.29, 0.717) is 5.69 Å². The number of thioether (sulfide) groups is 1. The van der Waals surface area contributed by atoms with Crippen molar-refractivity contribution >= 4 is 28.9 Å². The van der Waals surface area contributed by atoms with Crippen LogP contribution in [-0.2, 0) is 0 Å². The molecule has 4 nitrogen and oxygen atoms in total. The molecule has 1 unspecified atom stereocenters. The molecule has 0 aliphatic rings. The maximum atomic E-state index is 12.3. The lowest BCUT2D eigenvalue weighted by Crippen LogP contribution is -2.15. The fraction of sp³-hybridized carbons (Fsp3) is 0.417. The SMILES string of the molecule is Cc1cc(C)c(C(=O)C(C)Sc2nnc(C)s2)[nH]1. The van der Waals surface area contributed by atoms with Gasteiger partial charge in [0.05, 0.1) is 10.9 Å². The van der Waals surface area contributed by atoms with Crippen LogP contribution in [0.2, 0.25) is 0 Å². The number of hydrogen-bond acceptors (Lipinski definition) is 5. The maximum Gasteiger partial charge on any atom is 0.192 e. The molecule has 0 saturated carbocycles. The number of aryl methyl sites for hydroxylation is 3. The summed E-state index contributed by atoms with van der Waals surface area (Å²) in [4.78, 5) is 15.4. The van der Waals surface area contributed by atoms with Crippen molar-refractivity contribution in [1.82, 2.24) is 15.2 Å². The van der Waals surface area contributed by atoms with Gasteiger partial charge < -0.3 is 4.98 Å². The second kappa shape index (κ2) is 5.24. The molecule has 2 aromatic heterocycles. The van der Waals surface area contributed by atoms with Crippen LogP contribution in [0.25, 0.3) is 0 Å². The van der Waals surface area contributed by atoms with E-state index in [1.54, 1.807) is 0 Å². The van der Waals surface area contributed by atoms with Crippen LogP contribution in [0.15, 0.2) is 10.4 Å². The Morgan fingerprint density at radius 3 is 2.61 bits per heavy atom. The molecule has 1 N–H and O–H groups in total. The van der Waals surface area contributed by atoms with Gasteiger partial charge >= 0.3 is 0 Å². The Hall–Kier alpha value is -1.14. The highest BCUT2D eigenvalue weighted by molar-refractivity contribution is 8.02. The van der Waals surface area contributed by atoms with Crippen LogP contribution in [0, 0.1) is 20.8 Å². The molecule has 18 heavy (non-hydrogen) atoms. The van der Waals surface area contributed by atoms with Crippen molar-refractivity contribution in [2.45, 2.75) is 37.3 Å². The predicted molar refractivity (Wildman–Crippen MR) is 74.6 cm³/mol. The van der Waals surface area contributed by atoms with Crippen molar-refractivity contribution in [1.29, 1.82) is 0 Å². The smallest absolute Gasteiger partial charge is 0.192 e. The van der Waals surface area contributed by atoms with Gasteiger partial charge in [-0.15, -0.1) is 10.2 Å². The lowest BCUT2D eigenvalue weighted by atomic mass is 10.1. The second-order valence-electron chi connectivity index (χ2n) is 4.22. The molecular weight excluding hydrogens is 266 g/mol. The number of Topliss-reactive ketones (excluding diaryl/α,β-unsaturated/α-hetero) is 1. The summed E-state index contributed by atoms with van der Waals surface area (Å²) in [6.45, 7) is 7.71. The summed E-state index contributed by atoms with van der Waals surface area (Å²) < 4.78 is 0.842. The standard InChI is InChI=1S/C12H15N3OS2/c1-6-5-7(2)13-10(6)11(16)8(3)17-12-15-14-9(4)18-12/h5,8,13H,1-4H3. The number of hydrogen-bond donors (Lipinski definition) is 1. The van der Waals surface area contributed by atoms with Gasteiger partial charge in [-0.2, -0.15) is 0 Å². The first-order chi connectivity index (χ1) is 8.47. The van der Waals surface area contributed by atoms with Crippen LogP contribution in [-0.4, -0.2) is 26.2 Å². The molecule has 0 bridgehead atoms. The van der Waals surface area contributed by atoms with Gasteiger partial charge in [-0.25, -0.2) is 0 Å². The summed E-state index contributed by atoms with van der Waals surface area (Å²) in [6.07, 6.45) is 0. The third kappa shape index (κ3) is 2.81. The minimum Gasteiger partial charge on any atom is -0.356 e. The van der Waals surface area contributed by atoms with Crippen molar-refractivity contribution in [2.75, 3.05) is 0 Å². The number of nitrogens with one attached hydrogen (secondary N) is 1. The Kier molecular flexibility index (Phi) is 3.87. The van der Waals surface area contributed by atoms with E-state index in [0.717, 1.165) is 20.6 Å². The normalized spacial score (nSPS) is 12.7. The summed E-state index contributed by atoms with van der Waals surface area (Å²) in [5.41, 5.74) is 2.71. The topological polar surface area (TPSA) is 58.6 Å². The summed E-state index contributed by atoms with van der Waals surface area (Å²) in [7, 11) is 0. The second-order valence-corrected chi connectivity index (χ2v) is 6.99. The molecular formula is C12H15N3OS2. The Morgan fingerprint density at radius 1 is 1.39 bits per heavy atom. The van der Waals surface area contributed by atoms with Crippen LogP contribution in [0.5, 0.6) is 0 Å². The van der Waals surface area contributed by atoms with Crippen LogP contribution in [0.3, 0.4) is 0 Å². The van der Waals surface area contributed by atoms with Crippen molar-refractivity contribution in [2.24, 2.45) is 0 Å². The average molecular weight is 281 g/mol. The Balaban J connectivity index is 2.11. The number of carbonyl (C=O) groups is 1. The van der Waals surface area contributed by atoms with Crippen LogP contribution < -0.4 is 0 Å². The third-order valence-electron chi connectivity index (χ3n) is 2.55. The van der Waals surface area contributed by atoms with E-state index in [1.165, 1.54) is 23.1 Å². The van der Waals surface area contributed by atoms with Crippen molar-refractivity contribution in [3.05, 3.63) is 28.0 Å². The molecule has 6 heteroatoms. The monoisotopic (exact) mass is 281 g/mol. The van der Waals surface area contributed by atoms with Gasteiger partial charge in [-0.05, 0) is 39.3 Å². The maximum absolute atomic E-state index is 12.3. The zero-order valence-electron chi connectivity index (χ0n) is 10.8. The first-order valence-corrected chi connectivity index (χ1v) is 7.34. The molecule has 0 radical (unpaired) electrons. The van der Waals surface area contributed by atoms with E-state index >= 15 is 0 Å². The molecule has 1 atom stereocenters. The van der Waals surface area contributed by atoms with Gasteiger partial charge in [0.2, 0.25) is 0 Å². The highest BCUT2D eigenvalue weighted by atomic mass is 32.2. The van der Waals surface area contributed by atoms with Gasteiger partial charge in [0, 0.05) is 5.69 Å². The van der Waals surface area contributed by atoms with E-state index in [9.17, 15) is 4.79 Å². The zero-order valence-corrected chi connectivity index (χ0v) is 12.4. The van der Waals surface area contributed by atoms with Crippen molar-refractivity contribution in [3.8, 4) is 0 Å². The molecule has 0 fully saturated rings. The summed E-state index contributed by atoms with van der Waals surface area (Å²) in [5.74, 6) is 0.110. The molecule has 0 spiro atoms. The first kappa shape index (κ1) is 13.3. The van der Waals surface area contributed by atoms with E-state index in [-0.39, 0.29) is 11.0 Å². The molecule has 0 aromatic carbocycles. The van der Waals surface area contributed by atoms with E-state index in [1.807, 2.05) is 33.8 Å². The molecule has 0 saturated heterocycles. The van der Waals surface area contributed by atoms with E-state index < -0.39 is 0 Å². The number of aromatic nitrogens is 3. The fourth-order valence-corrected chi connectivity index (χ4v) is 3.74. The Labute approximate surface area is 114 Å². The van der Waals surface area contributed by atoms with Crippen LogP contribution >= 0.6 is 23.1 Å². The molecule has 2 rings (SSSR count). The van der Waals surface area contributed by atoms with Crippen molar-refractivity contribution in [3.63, 3.8) is 0 Å². The number of aromatic amines is 1. The summed E-state index contributed by atoms with van der Waals surface area (Å²) >= 11 is 2.98. The van der Waals surface area contributed by atoms with E-state index in [4.69, 9.17) is 0 Å². The number of ketones is 1. The molecule has 0 aliphatic carbocycles. The van der Waals surface area contributed by atoms with E-state index in [2.05, 4.69) is 15.2 Å². The Morgan fingerprint density at radius 2 is 2.11 bits per heavy atom. The molecule has 0 amide bonds. The number of carbonyl (C=O) groups excluding carboxylic acids is 1. The third-order valence-corrected chi connectivity index (χ3v) is 4.57. The molecule has 0 aliphatic heterocycles. The highest BCUT2D eigenvalue weighted by Crippen LogP contribution is 2.28. The lowest BCUT2D eigenvalue weighted by molar-refractivity contribution is 0.0989. The van der Waals surface area contributed by atoms with Crippen LogP contribution in [0.1, 0.15) is 33.7 Å². The van der Waals surface area contributed by atoms with Gasteiger partial charge in [0.15, 0.2) is 10.1 Å². The van der Waals surface area contributed by atoms with Crippen molar-refractivity contribution < 1.29 is 4.79 Å². The number of rotatable bonds is 4. The predicted octanol–water partition coefficient (Wildman–Crippen LogP) is 3.15. The van der Waals surface area contributed by atoms with Gasteiger partial charge in [-0.1, -0.05) is 23.1 Å². The Bertz CT molecular complexity index is 574. The largest absolute Gasteiger partial charge is 0.356 e. The lowest BCUT2D eigenvalue weighted by Gasteiger charge is -2.07. The highest BCUT2D eigenvalue weighted by Gasteiger charge is 2.21. The van der Waals surface area contributed by atoms with Gasteiger partial charge in [0.1, 0.15) is 5.01 Å². The molecule has 2 heterocycles. The number of H-pyrrole nitrogens is 1. The van der Waals surface area contributed by atoms with Crippen LogP contribution in [0.4, 0.5) is 0 Å².